The highest BCUT2D eigenvalue weighted by Crippen LogP contribution is 2.03. The van der Waals surface area contributed by atoms with Crippen LogP contribution in [0.4, 0.5) is 0 Å². The lowest BCUT2D eigenvalue weighted by Gasteiger charge is -2.28. The molecule has 1 heterocycles. The second-order valence-corrected chi connectivity index (χ2v) is 3.30. The van der Waals surface area contributed by atoms with E-state index in [1.54, 1.807) is 0 Å². The third-order valence-corrected chi connectivity index (χ3v) is 2.10. The maximum absolute atomic E-state index is 11.3. The normalized spacial score (nSPS) is 25.7. The minimum Gasteiger partial charge on any atom is -0.481 e. The fourth-order valence-electron chi connectivity index (χ4n) is 1.36. The number of nitrogens with one attached hydrogen (secondary N) is 2. The molecule has 7 heteroatoms. The molecule has 0 aromatic rings. The van der Waals surface area contributed by atoms with Crippen LogP contribution >= 0.6 is 0 Å². The van der Waals surface area contributed by atoms with E-state index < -0.39 is 30.4 Å². The maximum atomic E-state index is 11.3. The van der Waals surface area contributed by atoms with Crippen molar-refractivity contribution >= 4 is 17.8 Å². The summed E-state index contributed by atoms with van der Waals surface area (Å²) in [5.41, 5.74) is 5.26. The van der Waals surface area contributed by atoms with Crippen LogP contribution in [0.3, 0.4) is 0 Å². The van der Waals surface area contributed by atoms with Crippen molar-refractivity contribution in [1.82, 2.24) is 10.6 Å². The molecule has 7 nitrogen and oxygen atoms in total. The first-order valence-electron chi connectivity index (χ1n) is 4.57. The van der Waals surface area contributed by atoms with Gasteiger partial charge in [0.2, 0.25) is 11.8 Å². The van der Waals surface area contributed by atoms with Crippen molar-refractivity contribution < 1.29 is 19.5 Å². The number of carbonyl (C=O) groups is 3. The number of hydrogen-bond donors (Lipinski definition) is 4. The van der Waals surface area contributed by atoms with Gasteiger partial charge in [0, 0.05) is 0 Å². The summed E-state index contributed by atoms with van der Waals surface area (Å²) < 4.78 is 0. The van der Waals surface area contributed by atoms with Gasteiger partial charge < -0.3 is 21.5 Å². The van der Waals surface area contributed by atoms with E-state index in [0.717, 1.165) is 0 Å². The Hall–Kier alpha value is -1.63. The number of amides is 2. The quantitative estimate of drug-likeness (QED) is 0.423. The molecule has 0 aliphatic carbocycles. The van der Waals surface area contributed by atoms with Gasteiger partial charge in [0.15, 0.2) is 0 Å². The van der Waals surface area contributed by atoms with Gasteiger partial charge in [0.1, 0.15) is 12.1 Å². The molecule has 2 amide bonds. The van der Waals surface area contributed by atoms with Crippen LogP contribution in [-0.4, -0.2) is 41.5 Å². The van der Waals surface area contributed by atoms with Gasteiger partial charge in [-0.05, 0) is 13.0 Å². The zero-order chi connectivity index (χ0) is 11.4. The number of nitrogens with two attached hydrogens (primary N) is 1. The second kappa shape index (κ2) is 4.74. The highest BCUT2D eigenvalue weighted by molar-refractivity contribution is 5.98. The van der Waals surface area contributed by atoms with Crippen LogP contribution in [0.1, 0.15) is 12.8 Å². The number of carbonyl (C=O) groups excluding carboxylic acids is 2. The van der Waals surface area contributed by atoms with Gasteiger partial charge >= 0.3 is 5.97 Å². The number of carboxylic acid groups (broad SMARTS) is 1. The van der Waals surface area contributed by atoms with Gasteiger partial charge in [-0.15, -0.1) is 0 Å². The molecule has 0 aromatic carbocycles. The molecule has 0 saturated carbocycles. The average Bonchev–Trinajstić information content (AvgIpc) is 2.13. The van der Waals surface area contributed by atoms with Crippen LogP contribution in [-0.2, 0) is 14.4 Å². The van der Waals surface area contributed by atoms with Crippen molar-refractivity contribution in [2.45, 2.75) is 24.9 Å². The molecule has 0 bridgehead atoms. The summed E-state index contributed by atoms with van der Waals surface area (Å²) in [6, 6.07) is -1.63. The molecule has 1 fully saturated rings. The maximum Gasteiger partial charge on any atom is 0.305 e. The van der Waals surface area contributed by atoms with E-state index in [-0.39, 0.29) is 12.5 Å². The molecule has 15 heavy (non-hydrogen) atoms. The summed E-state index contributed by atoms with van der Waals surface area (Å²) in [6.45, 7) is 0.280. The second-order valence-electron chi connectivity index (χ2n) is 3.30. The van der Waals surface area contributed by atoms with Crippen molar-refractivity contribution in [2.75, 3.05) is 6.54 Å². The smallest absolute Gasteiger partial charge is 0.305 e. The molecule has 5 N–H and O–H groups in total. The molecular formula is C8H13N3O4. The Kier molecular flexibility index (Phi) is 3.62. The van der Waals surface area contributed by atoms with Crippen LogP contribution in [0.15, 0.2) is 0 Å². The standard InChI is InChI=1S/C8H13N3O4/c9-2-1-4-7(14)11-5(3-6(12)13)8(15)10-4/h4-5H,1-3,9H2,(H,10,15)(H,11,14)(H,12,13). The summed E-state index contributed by atoms with van der Waals surface area (Å²) in [5.74, 6) is -1.99. The van der Waals surface area contributed by atoms with Crippen molar-refractivity contribution in [3.05, 3.63) is 0 Å². The molecule has 1 saturated heterocycles. The van der Waals surface area contributed by atoms with Crippen molar-refractivity contribution in [1.29, 1.82) is 0 Å². The van der Waals surface area contributed by atoms with Crippen LogP contribution in [0.25, 0.3) is 0 Å². The summed E-state index contributed by atoms with van der Waals surface area (Å²) in [4.78, 5) is 33.1. The Morgan fingerprint density at radius 2 is 1.80 bits per heavy atom. The highest BCUT2D eigenvalue weighted by atomic mass is 16.4. The summed E-state index contributed by atoms with van der Waals surface area (Å²) >= 11 is 0. The van der Waals surface area contributed by atoms with Crippen molar-refractivity contribution in [3.8, 4) is 0 Å². The first-order valence-corrected chi connectivity index (χ1v) is 4.57. The van der Waals surface area contributed by atoms with E-state index in [0.29, 0.717) is 6.42 Å². The van der Waals surface area contributed by atoms with E-state index in [2.05, 4.69) is 10.6 Å². The fourth-order valence-corrected chi connectivity index (χ4v) is 1.36. The molecule has 1 aliphatic rings. The third kappa shape index (κ3) is 2.91. The molecule has 1 rings (SSSR count). The fraction of sp³-hybridized carbons (Fsp3) is 0.625. The minimum absolute atomic E-state index is 0.280. The van der Waals surface area contributed by atoms with Gasteiger partial charge in [-0.3, -0.25) is 14.4 Å². The molecule has 1 aliphatic heterocycles. The Balaban J connectivity index is 2.58. The largest absolute Gasteiger partial charge is 0.481 e. The topological polar surface area (TPSA) is 122 Å². The monoisotopic (exact) mass is 215 g/mol. The van der Waals surface area contributed by atoms with Gasteiger partial charge in [-0.2, -0.15) is 0 Å². The lowest BCUT2D eigenvalue weighted by Crippen LogP contribution is -2.62. The van der Waals surface area contributed by atoms with Gasteiger partial charge in [0.25, 0.3) is 0 Å². The zero-order valence-electron chi connectivity index (χ0n) is 8.03. The van der Waals surface area contributed by atoms with E-state index in [9.17, 15) is 14.4 Å². The molecule has 0 spiro atoms. The molecular weight excluding hydrogens is 202 g/mol. The highest BCUT2D eigenvalue weighted by Gasteiger charge is 2.34. The first-order chi connectivity index (χ1) is 7.04. The predicted molar refractivity (Wildman–Crippen MR) is 49.8 cm³/mol. The van der Waals surface area contributed by atoms with Crippen molar-refractivity contribution in [2.24, 2.45) is 5.73 Å². The van der Waals surface area contributed by atoms with E-state index in [4.69, 9.17) is 10.8 Å². The SMILES string of the molecule is NCCC1NC(=O)C(CC(=O)O)NC1=O. The summed E-state index contributed by atoms with van der Waals surface area (Å²) in [6.07, 6.45) is -0.0652. The van der Waals surface area contributed by atoms with Crippen LogP contribution in [0.2, 0.25) is 0 Å². The number of aliphatic carboxylic acids is 1. The Bertz CT molecular complexity index is 292. The zero-order valence-corrected chi connectivity index (χ0v) is 8.03. The molecule has 2 atom stereocenters. The third-order valence-electron chi connectivity index (χ3n) is 2.10. The lowest BCUT2D eigenvalue weighted by molar-refractivity contribution is -0.143. The predicted octanol–water partition coefficient (Wildman–Crippen LogP) is -2.21. The van der Waals surface area contributed by atoms with Gasteiger partial charge in [-0.1, -0.05) is 0 Å². The van der Waals surface area contributed by atoms with E-state index in [1.807, 2.05) is 0 Å². The molecule has 2 unspecified atom stereocenters. The van der Waals surface area contributed by atoms with Gasteiger partial charge in [0.05, 0.1) is 6.42 Å². The Labute approximate surface area is 86.0 Å². The minimum atomic E-state index is -1.13. The van der Waals surface area contributed by atoms with Crippen LogP contribution in [0.5, 0.6) is 0 Å². The van der Waals surface area contributed by atoms with E-state index >= 15 is 0 Å². The Morgan fingerprint density at radius 3 is 2.33 bits per heavy atom. The average molecular weight is 215 g/mol. The number of rotatable bonds is 4. The van der Waals surface area contributed by atoms with Crippen molar-refractivity contribution in [3.63, 3.8) is 0 Å². The molecule has 0 radical (unpaired) electrons. The number of hydrogen-bond acceptors (Lipinski definition) is 4. The first kappa shape index (κ1) is 11.4. The summed E-state index contributed by atoms with van der Waals surface area (Å²) in [5, 5.41) is 13.3. The number of piperazine rings is 1. The lowest BCUT2D eigenvalue weighted by atomic mass is 10.1. The Morgan fingerprint density at radius 1 is 1.27 bits per heavy atom. The summed E-state index contributed by atoms with van der Waals surface area (Å²) in [7, 11) is 0. The molecule has 84 valence electrons. The van der Waals surface area contributed by atoms with Crippen LogP contribution in [0, 0.1) is 0 Å². The van der Waals surface area contributed by atoms with Gasteiger partial charge in [-0.25, -0.2) is 0 Å². The number of carboxylic acids is 1. The van der Waals surface area contributed by atoms with E-state index in [1.165, 1.54) is 0 Å². The van der Waals surface area contributed by atoms with Crippen LogP contribution < -0.4 is 16.4 Å². The molecule has 0 aromatic heterocycles.